The number of aromatic nitrogens is 2. The van der Waals surface area contributed by atoms with E-state index < -0.39 is 0 Å². The summed E-state index contributed by atoms with van der Waals surface area (Å²) in [6.45, 7) is 10.0. The number of ether oxygens (including phenoxy) is 1. The third-order valence-corrected chi connectivity index (χ3v) is 4.16. The SMILES string of the molecule is CCN(CC)CCCC(C)Nc1cc(OC)nc2cccnc12. The first-order valence-electron chi connectivity index (χ1n) is 8.46. The number of nitrogens with one attached hydrogen (secondary N) is 1. The van der Waals surface area contributed by atoms with Crippen LogP contribution in [-0.4, -0.2) is 47.7 Å². The Labute approximate surface area is 139 Å². The molecule has 1 unspecified atom stereocenters. The minimum absolute atomic E-state index is 0.378. The van der Waals surface area contributed by atoms with Gasteiger partial charge in [0.2, 0.25) is 5.88 Å². The molecule has 0 saturated carbocycles. The molecule has 2 aromatic heterocycles. The Balaban J connectivity index is 2.02. The van der Waals surface area contributed by atoms with E-state index in [0.717, 1.165) is 42.8 Å². The van der Waals surface area contributed by atoms with Crippen LogP contribution in [0.25, 0.3) is 11.0 Å². The lowest BCUT2D eigenvalue weighted by atomic mass is 10.1. The number of fused-ring (bicyclic) bond motifs is 1. The molecule has 0 saturated heterocycles. The van der Waals surface area contributed by atoms with Crippen LogP contribution in [0.5, 0.6) is 5.88 Å². The Morgan fingerprint density at radius 3 is 2.78 bits per heavy atom. The Hall–Kier alpha value is -1.88. The normalized spacial score (nSPS) is 12.6. The van der Waals surface area contributed by atoms with Gasteiger partial charge in [-0.2, -0.15) is 0 Å². The summed E-state index contributed by atoms with van der Waals surface area (Å²) in [6, 6.07) is 6.16. The number of nitrogens with zero attached hydrogens (tertiary/aromatic N) is 3. The van der Waals surface area contributed by atoms with Gasteiger partial charge in [0.25, 0.3) is 0 Å². The summed E-state index contributed by atoms with van der Waals surface area (Å²) < 4.78 is 5.30. The Morgan fingerprint density at radius 2 is 2.09 bits per heavy atom. The quantitative estimate of drug-likeness (QED) is 0.766. The zero-order valence-electron chi connectivity index (χ0n) is 14.7. The number of pyridine rings is 2. The monoisotopic (exact) mass is 316 g/mol. The lowest BCUT2D eigenvalue weighted by Gasteiger charge is -2.20. The molecule has 0 aliphatic heterocycles. The molecule has 0 radical (unpaired) electrons. The number of hydrogen-bond donors (Lipinski definition) is 1. The summed E-state index contributed by atoms with van der Waals surface area (Å²) >= 11 is 0. The Morgan fingerprint density at radius 1 is 1.30 bits per heavy atom. The van der Waals surface area contributed by atoms with Crippen LogP contribution in [0.15, 0.2) is 24.4 Å². The number of methoxy groups -OCH3 is 1. The highest BCUT2D eigenvalue weighted by atomic mass is 16.5. The van der Waals surface area contributed by atoms with Gasteiger partial charge >= 0.3 is 0 Å². The highest BCUT2D eigenvalue weighted by molar-refractivity contribution is 5.88. The van der Waals surface area contributed by atoms with E-state index >= 15 is 0 Å². The van der Waals surface area contributed by atoms with E-state index in [9.17, 15) is 0 Å². The number of rotatable bonds is 9. The summed E-state index contributed by atoms with van der Waals surface area (Å²) in [7, 11) is 1.64. The standard InChI is InChI=1S/C18H28N4O/c1-5-22(6-2)12-8-9-14(3)20-16-13-17(23-4)21-15-10-7-11-19-18(15)16/h7,10-11,13-14H,5-6,8-9,12H2,1-4H3,(H,20,21). The molecule has 0 aromatic carbocycles. The van der Waals surface area contributed by atoms with Crippen LogP contribution in [0, 0.1) is 0 Å². The van der Waals surface area contributed by atoms with Crippen LogP contribution in [0.1, 0.15) is 33.6 Å². The van der Waals surface area contributed by atoms with Crippen molar-refractivity contribution in [1.29, 1.82) is 0 Å². The molecule has 1 N–H and O–H groups in total. The van der Waals surface area contributed by atoms with Crippen molar-refractivity contribution >= 4 is 16.7 Å². The summed E-state index contributed by atoms with van der Waals surface area (Å²) in [5.41, 5.74) is 2.73. The molecular formula is C18H28N4O. The molecule has 0 amide bonds. The van der Waals surface area contributed by atoms with Gasteiger partial charge in [-0.05, 0) is 51.5 Å². The number of anilines is 1. The second-order valence-electron chi connectivity index (χ2n) is 5.80. The summed E-state index contributed by atoms with van der Waals surface area (Å²) in [6.07, 6.45) is 4.10. The molecule has 2 aromatic rings. The third kappa shape index (κ3) is 4.79. The smallest absolute Gasteiger partial charge is 0.215 e. The number of hydrogen-bond acceptors (Lipinski definition) is 5. The van der Waals surface area contributed by atoms with E-state index in [0.29, 0.717) is 11.9 Å². The van der Waals surface area contributed by atoms with Crippen LogP contribution < -0.4 is 10.1 Å². The first kappa shape index (κ1) is 17.5. The van der Waals surface area contributed by atoms with Gasteiger partial charge in [0.05, 0.1) is 18.3 Å². The topological polar surface area (TPSA) is 50.3 Å². The van der Waals surface area contributed by atoms with Gasteiger partial charge in [0, 0.05) is 18.3 Å². The van der Waals surface area contributed by atoms with Crippen molar-refractivity contribution in [3.8, 4) is 5.88 Å². The van der Waals surface area contributed by atoms with Crippen molar-refractivity contribution in [3.05, 3.63) is 24.4 Å². The summed E-state index contributed by atoms with van der Waals surface area (Å²) in [5, 5.41) is 3.57. The van der Waals surface area contributed by atoms with Gasteiger partial charge in [-0.15, -0.1) is 0 Å². The molecule has 0 spiro atoms. The van der Waals surface area contributed by atoms with E-state index in [1.165, 1.54) is 6.42 Å². The van der Waals surface area contributed by atoms with Crippen molar-refractivity contribution < 1.29 is 4.74 Å². The second-order valence-corrected chi connectivity index (χ2v) is 5.80. The predicted octanol–water partition coefficient (Wildman–Crippen LogP) is 3.56. The van der Waals surface area contributed by atoms with Crippen LogP contribution >= 0.6 is 0 Å². The van der Waals surface area contributed by atoms with Gasteiger partial charge in [-0.25, -0.2) is 4.98 Å². The minimum Gasteiger partial charge on any atom is -0.481 e. The Kier molecular flexibility index (Phi) is 6.59. The van der Waals surface area contributed by atoms with Gasteiger partial charge < -0.3 is 15.0 Å². The molecule has 0 aliphatic carbocycles. The van der Waals surface area contributed by atoms with Crippen LogP contribution in [0.4, 0.5) is 5.69 Å². The molecule has 5 nitrogen and oxygen atoms in total. The zero-order chi connectivity index (χ0) is 16.7. The van der Waals surface area contributed by atoms with E-state index in [1.54, 1.807) is 13.3 Å². The first-order chi connectivity index (χ1) is 11.2. The van der Waals surface area contributed by atoms with Crippen molar-refractivity contribution in [1.82, 2.24) is 14.9 Å². The average Bonchev–Trinajstić information content (AvgIpc) is 2.58. The molecule has 126 valence electrons. The fraction of sp³-hybridized carbons (Fsp3) is 0.556. The van der Waals surface area contributed by atoms with E-state index in [-0.39, 0.29) is 0 Å². The maximum absolute atomic E-state index is 5.30. The van der Waals surface area contributed by atoms with Gasteiger partial charge in [0.15, 0.2) is 0 Å². The van der Waals surface area contributed by atoms with Gasteiger partial charge in [-0.1, -0.05) is 13.8 Å². The molecule has 0 fully saturated rings. The Bertz CT molecular complexity index is 613. The van der Waals surface area contributed by atoms with Crippen molar-refractivity contribution in [2.45, 2.75) is 39.7 Å². The molecule has 23 heavy (non-hydrogen) atoms. The van der Waals surface area contributed by atoms with E-state index in [1.807, 2.05) is 18.2 Å². The summed E-state index contributed by atoms with van der Waals surface area (Å²) in [5.74, 6) is 0.614. The van der Waals surface area contributed by atoms with E-state index in [4.69, 9.17) is 4.74 Å². The predicted molar refractivity (Wildman–Crippen MR) is 96.2 cm³/mol. The maximum Gasteiger partial charge on any atom is 0.215 e. The molecule has 5 heteroatoms. The lowest BCUT2D eigenvalue weighted by Crippen LogP contribution is -2.25. The second kappa shape index (κ2) is 8.67. The highest BCUT2D eigenvalue weighted by Crippen LogP contribution is 2.25. The van der Waals surface area contributed by atoms with Crippen molar-refractivity contribution in [2.75, 3.05) is 32.1 Å². The average molecular weight is 316 g/mol. The fourth-order valence-electron chi connectivity index (χ4n) is 2.75. The summed E-state index contributed by atoms with van der Waals surface area (Å²) in [4.78, 5) is 11.4. The van der Waals surface area contributed by atoms with Crippen molar-refractivity contribution in [2.24, 2.45) is 0 Å². The van der Waals surface area contributed by atoms with Crippen LogP contribution in [-0.2, 0) is 0 Å². The largest absolute Gasteiger partial charge is 0.481 e. The van der Waals surface area contributed by atoms with Crippen LogP contribution in [0.3, 0.4) is 0 Å². The van der Waals surface area contributed by atoms with Crippen molar-refractivity contribution in [3.63, 3.8) is 0 Å². The third-order valence-electron chi connectivity index (χ3n) is 4.16. The van der Waals surface area contributed by atoms with Crippen LogP contribution in [0.2, 0.25) is 0 Å². The molecule has 0 aliphatic rings. The zero-order valence-corrected chi connectivity index (χ0v) is 14.7. The molecule has 2 heterocycles. The fourth-order valence-corrected chi connectivity index (χ4v) is 2.75. The lowest BCUT2D eigenvalue weighted by molar-refractivity contribution is 0.295. The van der Waals surface area contributed by atoms with Gasteiger partial charge in [0.1, 0.15) is 5.52 Å². The maximum atomic E-state index is 5.30. The van der Waals surface area contributed by atoms with E-state index in [2.05, 4.69) is 41.0 Å². The molecular weight excluding hydrogens is 288 g/mol. The molecule has 2 rings (SSSR count). The molecule has 1 atom stereocenters. The highest BCUT2D eigenvalue weighted by Gasteiger charge is 2.10. The first-order valence-corrected chi connectivity index (χ1v) is 8.46. The molecule has 0 bridgehead atoms. The minimum atomic E-state index is 0.378. The van der Waals surface area contributed by atoms with Gasteiger partial charge in [-0.3, -0.25) is 4.98 Å².